The van der Waals surface area contributed by atoms with Crippen LogP contribution in [0.1, 0.15) is 25.7 Å². The summed E-state index contributed by atoms with van der Waals surface area (Å²) in [6.07, 6.45) is 3.82. The molecule has 2 aliphatic rings. The Morgan fingerprint density at radius 2 is 2.04 bits per heavy atom. The Bertz CT molecular complexity index is 858. The van der Waals surface area contributed by atoms with E-state index in [0.717, 1.165) is 19.1 Å². The third-order valence-corrected chi connectivity index (χ3v) is 5.65. The number of hydrogen-bond acceptors (Lipinski definition) is 5. The Morgan fingerprint density at radius 1 is 1.25 bits per heavy atom. The molecule has 1 unspecified atom stereocenters. The zero-order chi connectivity index (χ0) is 20.3. The molecular formula is C18H26N4O5S. The molecule has 0 aliphatic carbocycles. The van der Waals surface area contributed by atoms with E-state index in [1.807, 2.05) is 0 Å². The van der Waals surface area contributed by atoms with Crippen molar-refractivity contribution in [1.82, 2.24) is 9.62 Å². The number of urea groups is 1. The maximum absolute atomic E-state index is 12.7. The van der Waals surface area contributed by atoms with Crippen LogP contribution in [0.15, 0.2) is 18.2 Å². The van der Waals surface area contributed by atoms with Crippen LogP contribution in [0.5, 0.6) is 5.75 Å². The van der Waals surface area contributed by atoms with Crippen LogP contribution in [0.2, 0.25) is 0 Å². The summed E-state index contributed by atoms with van der Waals surface area (Å²) in [5.74, 6) is 0.608. The van der Waals surface area contributed by atoms with Gasteiger partial charge in [-0.15, -0.1) is 0 Å². The molecule has 0 spiro atoms. The molecule has 9 nitrogen and oxygen atoms in total. The number of carbonyl (C=O) groups is 2. The lowest BCUT2D eigenvalue weighted by atomic mass is 10.1. The zero-order valence-corrected chi connectivity index (χ0v) is 16.9. The van der Waals surface area contributed by atoms with Crippen molar-refractivity contribution in [3.63, 3.8) is 0 Å². The third-order valence-electron chi connectivity index (χ3n) is 4.88. The summed E-state index contributed by atoms with van der Waals surface area (Å²) in [7, 11) is -1.78. The number of benzene rings is 1. The molecule has 2 N–H and O–H groups in total. The molecule has 2 saturated heterocycles. The average molecular weight is 410 g/mol. The molecule has 1 aromatic rings. The fourth-order valence-corrected chi connectivity index (χ4v) is 4.44. The van der Waals surface area contributed by atoms with E-state index in [2.05, 4.69) is 10.0 Å². The van der Waals surface area contributed by atoms with Crippen molar-refractivity contribution in [2.45, 2.75) is 31.7 Å². The lowest BCUT2D eigenvalue weighted by Gasteiger charge is -2.32. The Hall–Kier alpha value is -2.33. The summed E-state index contributed by atoms with van der Waals surface area (Å²) < 4.78 is 30.8. The van der Waals surface area contributed by atoms with Gasteiger partial charge in [-0.25, -0.2) is 17.9 Å². The summed E-state index contributed by atoms with van der Waals surface area (Å²) in [6.45, 7) is 1.49. The van der Waals surface area contributed by atoms with Crippen molar-refractivity contribution in [3.05, 3.63) is 18.2 Å². The molecule has 1 atom stereocenters. The van der Waals surface area contributed by atoms with Crippen LogP contribution in [0.4, 0.5) is 16.2 Å². The van der Waals surface area contributed by atoms with Crippen molar-refractivity contribution in [2.75, 3.05) is 43.2 Å². The van der Waals surface area contributed by atoms with E-state index in [0.29, 0.717) is 49.6 Å². The standard InChI is InChI=1S/C18H26N4O5S/c1-27-16-8-7-13(11-15(16)22-10-4-6-17(22)23)19-18(24)21-9-3-5-14(12-21)20-28(2,25)26/h7-8,11,14,20H,3-6,9-10,12H2,1-2H3,(H,19,24). The number of ether oxygens (including phenoxy) is 1. The number of rotatable bonds is 5. The van der Waals surface area contributed by atoms with E-state index in [1.54, 1.807) is 35.1 Å². The van der Waals surface area contributed by atoms with Gasteiger partial charge in [-0.05, 0) is 37.5 Å². The van der Waals surface area contributed by atoms with E-state index < -0.39 is 10.0 Å². The molecule has 0 saturated carbocycles. The highest BCUT2D eigenvalue weighted by Gasteiger charge is 2.27. The predicted molar refractivity (Wildman–Crippen MR) is 106 cm³/mol. The number of anilines is 2. The average Bonchev–Trinajstić information content (AvgIpc) is 3.06. The van der Waals surface area contributed by atoms with Crippen LogP contribution >= 0.6 is 0 Å². The molecule has 28 heavy (non-hydrogen) atoms. The Morgan fingerprint density at radius 3 is 2.68 bits per heavy atom. The number of methoxy groups -OCH3 is 1. The lowest BCUT2D eigenvalue weighted by molar-refractivity contribution is -0.117. The second-order valence-corrected chi connectivity index (χ2v) is 8.92. The van der Waals surface area contributed by atoms with Crippen molar-refractivity contribution in [3.8, 4) is 5.75 Å². The van der Waals surface area contributed by atoms with E-state index in [-0.39, 0.29) is 18.0 Å². The first kappa shape index (κ1) is 20.4. The van der Waals surface area contributed by atoms with Gasteiger partial charge in [0, 0.05) is 37.8 Å². The molecule has 3 rings (SSSR count). The van der Waals surface area contributed by atoms with E-state index >= 15 is 0 Å². The SMILES string of the molecule is COc1ccc(NC(=O)N2CCCC(NS(C)(=O)=O)C2)cc1N1CCCC1=O. The highest BCUT2D eigenvalue weighted by molar-refractivity contribution is 7.88. The number of carbonyl (C=O) groups excluding carboxylic acids is 2. The first-order valence-corrected chi connectivity index (χ1v) is 11.2. The number of likely N-dealkylation sites (tertiary alicyclic amines) is 1. The van der Waals surface area contributed by atoms with Gasteiger partial charge in [-0.3, -0.25) is 4.79 Å². The number of nitrogens with one attached hydrogen (secondary N) is 2. The smallest absolute Gasteiger partial charge is 0.321 e. The minimum atomic E-state index is -3.32. The van der Waals surface area contributed by atoms with Gasteiger partial charge in [0.05, 0.1) is 19.1 Å². The van der Waals surface area contributed by atoms with Crippen LogP contribution in [0.3, 0.4) is 0 Å². The van der Waals surface area contributed by atoms with Crippen LogP contribution in [0, 0.1) is 0 Å². The van der Waals surface area contributed by atoms with Crippen molar-refractivity contribution >= 4 is 33.3 Å². The molecule has 1 aromatic carbocycles. The summed E-state index contributed by atoms with van der Waals surface area (Å²) in [6, 6.07) is 4.58. The maximum atomic E-state index is 12.7. The van der Waals surface area contributed by atoms with Crippen molar-refractivity contribution in [1.29, 1.82) is 0 Å². The van der Waals surface area contributed by atoms with E-state index in [4.69, 9.17) is 4.74 Å². The Labute approximate surface area is 165 Å². The normalized spacial score (nSPS) is 20.4. The minimum absolute atomic E-state index is 0.0347. The molecule has 3 amide bonds. The largest absolute Gasteiger partial charge is 0.495 e. The molecule has 0 radical (unpaired) electrons. The topological polar surface area (TPSA) is 108 Å². The summed E-state index contributed by atoms with van der Waals surface area (Å²) in [4.78, 5) is 28.0. The highest BCUT2D eigenvalue weighted by Crippen LogP contribution is 2.34. The Balaban J connectivity index is 1.70. The maximum Gasteiger partial charge on any atom is 0.321 e. The first-order valence-electron chi connectivity index (χ1n) is 9.28. The number of hydrogen-bond donors (Lipinski definition) is 2. The van der Waals surface area contributed by atoms with Gasteiger partial charge >= 0.3 is 6.03 Å². The Kier molecular flexibility index (Phi) is 6.09. The molecule has 2 aliphatic heterocycles. The van der Waals surface area contributed by atoms with E-state index in [1.165, 1.54) is 0 Å². The number of sulfonamides is 1. The zero-order valence-electron chi connectivity index (χ0n) is 16.1. The second-order valence-electron chi connectivity index (χ2n) is 7.14. The van der Waals surface area contributed by atoms with Gasteiger partial charge in [0.25, 0.3) is 0 Å². The number of amides is 3. The summed E-state index contributed by atoms with van der Waals surface area (Å²) >= 11 is 0. The predicted octanol–water partition coefficient (Wildman–Crippen LogP) is 1.37. The highest BCUT2D eigenvalue weighted by atomic mass is 32.2. The summed E-state index contributed by atoms with van der Waals surface area (Å²) in [5.41, 5.74) is 1.19. The van der Waals surface area contributed by atoms with Gasteiger partial charge in [0.15, 0.2) is 0 Å². The van der Waals surface area contributed by atoms with Crippen LogP contribution in [0.25, 0.3) is 0 Å². The fraction of sp³-hybridized carbons (Fsp3) is 0.556. The molecule has 0 aromatic heterocycles. The van der Waals surface area contributed by atoms with Crippen LogP contribution < -0.4 is 19.7 Å². The van der Waals surface area contributed by atoms with Gasteiger partial charge in [0.1, 0.15) is 5.75 Å². The lowest BCUT2D eigenvalue weighted by Crippen LogP contribution is -2.50. The van der Waals surface area contributed by atoms with Gasteiger partial charge in [-0.1, -0.05) is 0 Å². The van der Waals surface area contributed by atoms with Crippen LogP contribution in [-0.4, -0.2) is 64.3 Å². The monoisotopic (exact) mass is 410 g/mol. The molecule has 154 valence electrons. The summed E-state index contributed by atoms with van der Waals surface area (Å²) in [5, 5.41) is 2.84. The first-order chi connectivity index (χ1) is 13.3. The van der Waals surface area contributed by atoms with Gasteiger partial charge < -0.3 is 19.9 Å². The second kappa shape index (κ2) is 8.36. The number of nitrogens with zero attached hydrogens (tertiary/aromatic N) is 2. The molecule has 10 heteroatoms. The van der Waals surface area contributed by atoms with Crippen molar-refractivity contribution < 1.29 is 22.7 Å². The molecular weight excluding hydrogens is 384 g/mol. The van der Waals surface area contributed by atoms with Crippen molar-refractivity contribution in [2.24, 2.45) is 0 Å². The quantitative estimate of drug-likeness (QED) is 0.762. The van der Waals surface area contributed by atoms with Gasteiger partial charge in [-0.2, -0.15) is 0 Å². The van der Waals surface area contributed by atoms with Crippen LogP contribution in [-0.2, 0) is 14.8 Å². The molecule has 2 fully saturated rings. The van der Waals surface area contributed by atoms with E-state index in [9.17, 15) is 18.0 Å². The third kappa shape index (κ3) is 4.93. The minimum Gasteiger partial charge on any atom is -0.495 e. The molecule has 2 heterocycles. The molecule has 0 bridgehead atoms. The van der Waals surface area contributed by atoms with Gasteiger partial charge in [0.2, 0.25) is 15.9 Å². The fourth-order valence-electron chi connectivity index (χ4n) is 3.64. The number of piperidine rings is 1.